The fourth-order valence-electron chi connectivity index (χ4n) is 2.32. The Hall–Kier alpha value is -2.11. The van der Waals surface area contributed by atoms with Crippen LogP contribution < -0.4 is 20.1 Å². The Labute approximate surface area is 149 Å². The SMILES string of the molecule is O=C(CCNc1cc(Cl)cc(Cl)c1)NCc1ccc2c(c1)OCO2. The lowest BCUT2D eigenvalue weighted by atomic mass is 10.2. The van der Waals surface area contributed by atoms with Crippen molar-refractivity contribution in [3.63, 3.8) is 0 Å². The summed E-state index contributed by atoms with van der Waals surface area (Å²) < 4.78 is 10.6. The van der Waals surface area contributed by atoms with Crippen LogP contribution >= 0.6 is 23.2 Å². The van der Waals surface area contributed by atoms with E-state index < -0.39 is 0 Å². The van der Waals surface area contributed by atoms with Crippen LogP contribution in [-0.2, 0) is 11.3 Å². The molecule has 0 fully saturated rings. The van der Waals surface area contributed by atoms with E-state index in [2.05, 4.69) is 10.6 Å². The van der Waals surface area contributed by atoms with Crippen LogP contribution in [0.1, 0.15) is 12.0 Å². The van der Waals surface area contributed by atoms with Crippen LogP contribution in [-0.4, -0.2) is 19.2 Å². The van der Waals surface area contributed by atoms with Crippen LogP contribution in [0.2, 0.25) is 10.0 Å². The number of nitrogens with one attached hydrogen (secondary N) is 2. The Balaban J connectivity index is 1.43. The average molecular weight is 367 g/mol. The van der Waals surface area contributed by atoms with E-state index in [1.807, 2.05) is 18.2 Å². The van der Waals surface area contributed by atoms with Crippen molar-refractivity contribution < 1.29 is 14.3 Å². The summed E-state index contributed by atoms with van der Waals surface area (Å²) in [7, 11) is 0. The molecule has 0 aliphatic carbocycles. The van der Waals surface area contributed by atoms with E-state index in [9.17, 15) is 4.79 Å². The van der Waals surface area contributed by atoms with Gasteiger partial charge in [0.2, 0.25) is 12.7 Å². The maximum atomic E-state index is 11.9. The molecule has 2 aromatic carbocycles. The van der Waals surface area contributed by atoms with E-state index in [-0.39, 0.29) is 12.7 Å². The van der Waals surface area contributed by atoms with E-state index in [0.717, 1.165) is 17.0 Å². The highest BCUT2D eigenvalue weighted by molar-refractivity contribution is 6.35. The molecule has 0 atom stereocenters. The fourth-order valence-corrected chi connectivity index (χ4v) is 2.84. The van der Waals surface area contributed by atoms with Crippen LogP contribution in [0.3, 0.4) is 0 Å². The number of halogens is 2. The zero-order valence-electron chi connectivity index (χ0n) is 12.8. The standard InChI is InChI=1S/C17H16Cl2N2O3/c18-12-6-13(19)8-14(7-12)20-4-3-17(22)21-9-11-1-2-15-16(5-11)24-10-23-15/h1-2,5-8,20H,3-4,9-10H2,(H,21,22). The molecule has 0 unspecified atom stereocenters. The number of carbonyl (C=O) groups is 1. The van der Waals surface area contributed by atoms with Gasteiger partial charge >= 0.3 is 0 Å². The molecule has 24 heavy (non-hydrogen) atoms. The molecule has 3 rings (SSSR count). The second kappa shape index (κ2) is 7.64. The van der Waals surface area contributed by atoms with Crippen molar-refractivity contribution in [2.45, 2.75) is 13.0 Å². The smallest absolute Gasteiger partial charge is 0.231 e. The topological polar surface area (TPSA) is 59.6 Å². The van der Waals surface area contributed by atoms with Crippen molar-refractivity contribution in [1.82, 2.24) is 5.32 Å². The lowest BCUT2D eigenvalue weighted by molar-refractivity contribution is -0.121. The van der Waals surface area contributed by atoms with E-state index in [4.69, 9.17) is 32.7 Å². The summed E-state index contributed by atoms with van der Waals surface area (Å²) in [4.78, 5) is 11.9. The van der Waals surface area contributed by atoms with E-state index in [1.165, 1.54) is 0 Å². The lowest BCUT2D eigenvalue weighted by Gasteiger charge is -2.09. The number of hydrogen-bond acceptors (Lipinski definition) is 4. The van der Waals surface area contributed by atoms with Gasteiger partial charge in [-0.2, -0.15) is 0 Å². The summed E-state index contributed by atoms with van der Waals surface area (Å²) in [6, 6.07) is 10.8. The van der Waals surface area contributed by atoms with Gasteiger partial charge in [-0.1, -0.05) is 29.3 Å². The Morgan fingerprint density at radius 1 is 1.04 bits per heavy atom. The quantitative estimate of drug-likeness (QED) is 0.815. The molecule has 1 aliphatic heterocycles. The molecule has 0 saturated carbocycles. The molecule has 2 N–H and O–H groups in total. The molecule has 7 heteroatoms. The van der Waals surface area contributed by atoms with Gasteiger partial charge in [-0.05, 0) is 35.9 Å². The number of carbonyl (C=O) groups excluding carboxylic acids is 1. The largest absolute Gasteiger partial charge is 0.454 e. The summed E-state index contributed by atoms with van der Waals surface area (Å²) in [6.07, 6.45) is 0.342. The van der Waals surface area contributed by atoms with Crippen molar-refractivity contribution >= 4 is 34.8 Å². The van der Waals surface area contributed by atoms with Gasteiger partial charge in [0.1, 0.15) is 0 Å². The maximum absolute atomic E-state index is 11.9. The van der Waals surface area contributed by atoms with Crippen molar-refractivity contribution in [3.05, 3.63) is 52.0 Å². The highest BCUT2D eigenvalue weighted by atomic mass is 35.5. The minimum Gasteiger partial charge on any atom is -0.454 e. The second-order valence-corrected chi connectivity index (χ2v) is 6.17. The van der Waals surface area contributed by atoms with Crippen molar-refractivity contribution in [3.8, 4) is 11.5 Å². The number of rotatable bonds is 6. The molecule has 5 nitrogen and oxygen atoms in total. The van der Waals surface area contributed by atoms with Gasteiger partial charge in [0.05, 0.1) is 0 Å². The Kier molecular flexibility index (Phi) is 5.33. The van der Waals surface area contributed by atoms with Crippen LogP contribution in [0.15, 0.2) is 36.4 Å². The number of amides is 1. The van der Waals surface area contributed by atoms with Gasteiger partial charge in [0.25, 0.3) is 0 Å². The average Bonchev–Trinajstić information content (AvgIpc) is 2.99. The molecule has 2 aromatic rings. The first-order valence-corrected chi connectivity index (χ1v) is 8.21. The molecule has 0 bridgehead atoms. The first kappa shape index (κ1) is 16.7. The third-order valence-electron chi connectivity index (χ3n) is 3.47. The Morgan fingerprint density at radius 2 is 1.79 bits per heavy atom. The van der Waals surface area contributed by atoms with Crippen molar-refractivity contribution in [1.29, 1.82) is 0 Å². The van der Waals surface area contributed by atoms with Crippen molar-refractivity contribution in [2.24, 2.45) is 0 Å². The minimum atomic E-state index is -0.0479. The summed E-state index contributed by atoms with van der Waals surface area (Å²) >= 11 is 11.9. The number of fused-ring (bicyclic) bond motifs is 1. The molecule has 0 radical (unpaired) electrons. The normalized spacial score (nSPS) is 12.1. The minimum absolute atomic E-state index is 0.0479. The zero-order chi connectivity index (χ0) is 16.9. The predicted octanol–water partition coefficient (Wildman–Crippen LogP) is 3.84. The molecule has 0 saturated heterocycles. The lowest BCUT2D eigenvalue weighted by Crippen LogP contribution is -2.24. The van der Waals surface area contributed by atoms with Gasteiger partial charge in [0.15, 0.2) is 11.5 Å². The Morgan fingerprint density at radius 3 is 2.58 bits per heavy atom. The Bertz CT molecular complexity index is 732. The summed E-state index contributed by atoms with van der Waals surface area (Å²) in [5, 5.41) is 7.10. The predicted molar refractivity (Wildman–Crippen MR) is 94.0 cm³/mol. The third-order valence-corrected chi connectivity index (χ3v) is 3.91. The molecular formula is C17H16Cl2N2O3. The molecular weight excluding hydrogens is 351 g/mol. The molecule has 126 valence electrons. The number of ether oxygens (including phenoxy) is 2. The van der Waals surface area contributed by atoms with Gasteiger partial charge in [0, 0.05) is 35.2 Å². The first-order valence-electron chi connectivity index (χ1n) is 7.45. The maximum Gasteiger partial charge on any atom is 0.231 e. The summed E-state index contributed by atoms with van der Waals surface area (Å²) in [6.45, 7) is 1.17. The fraction of sp³-hybridized carbons (Fsp3) is 0.235. The highest BCUT2D eigenvalue weighted by Gasteiger charge is 2.13. The monoisotopic (exact) mass is 366 g/mol. The van der Waals surface area contributed by atoms with E-state index in [0.29, 0.717) is 35.3 Å². The van der Waals surface area contributed by atoms with Crippen LogP contribution in [0.5, 0.6) is 11.5 Å². The molecule has 1 heterocycles. The molecule has 0 aromatic heterocycles. The van der Waals surface area contributed by atoms with E-state index in [1.54, 1.807) is 18.2 Å². The van der Waals surface area contributed by atoms with Gasteiger partial charge < -0.3 is 20.1 Å². The highest BCUT2D eigenvalue weighted by Crippen LogP contribution is 2.32. The summed E-state index contributed by atoms with van der Waals surface area (Å²) in [5.41, 5.74) is 1.75. The molecule has 1 amide bonds. The number of anilines is 1. The molecule has 1 aliphatic rings. The van der Waals surface area contributed by atoms with Gasteiger partial charge in [-0.3, -0.25) is 4.79 Å². The molecule has 0 spiro atoms. The second-order valence-electron chi connectivity index (χ2n) is 5.30. The third kappa shape index (κ3) is 4.46. The van der Waals surface area contributed by atoms with Gasteiger partial charge in [-0.25, -0.2) is 0 Å². The number of hydrogen-bond donors (Lipinski definition) is 2. The van der Waals surface area contributed by atoms with Crippen molar-refractivity contribution in [2.75, 3.05) is 18.7 Å². The summed E-state index contributed by atoms with van der Waals surface area (Å²) in [5.74, 6) is 1.39. The van der Waals surface area contributed by atoms with Crippen LogP contribution in [0, 0.1) is 0 Å². The van der Waals surface area contributed by atoms with E-state index >= 15 is 0 Å². The van der Waals surface area contributed by atoms with Crippen LogP contribution in [0.4, 0.5) is 5.69 Å². The van der Waals surface area contributed by atoms with Gasteiger partial charge in [-0.15, -0.1) is 0 Å². The first-order chi connectivity index (χ1) is 11.6. The zero-order valence-corrected chi connectivity index (χ0v) is 14.3. The number of benzene rings is 2. The van der Waals surface area contributed by atoms with Crippen LogP contribution in [0.25, 0.3) is 0 Å².